The molecule has 1 fully saturated rings. The van der Waals surface area contributed by atoms with E-state index < -0.39 is 17.9 Å². The third-order valence-corrected chi connectivity index (χ3v) is 4.75. The van der Waals surface area contributed by atoms with E-state index in [-0.39, 0.29) is 24.4 Å². The monoisotopic (exact) mass is 421 g/mol. The Labute approximate surface area is 171 Å². The van der Waals surface area contributed by atoms with Crippen LogP contribution in [0.5, 0.6) is 5.75 Å². The topological polar surface area (TPSA) is 87.7 Å². The number of nitrogens with zero attached hydrogens (tertiary/aromatic N) is 1. The first-order valence-corrected chi connectivity index (χ1v) is 9.12. The molecule has 1 aliphatic rings. The highest BCUT2D eigenvalue weighted by Gasteiger charge is 2.38. The number of likely N-dealkylation sites (tertiary alicyclic amines) is 1. The summed E-state index contributed by atoms with van der Waals surface area (Å²) in [5.41, 5.74) is 6.05. The molecule has 0 unspecified atom stereocenters. The van der Waals surface area contributed by atoms with Gasteiger partial charge in [0.1, 0.15) is 11.8 Å². The van der Waals surface area contributed by atoms with E-state index in [0.29, 0.717) is 15.8 Å². The summed E-state index contributed by atoms with van der Waals surface area (Å²) >= 11 is 11.8. The first-order chi connectivity index (χ1) is 13.4. The van der Waals surface area contributed by atoms with Crippen LogP contribution in [0.2, 0.25) is 10.0 Å². The zero-order valence-electron chi connectivity index (χ0n) is 14.9. The second-order valence-corrected chi connectivity index (χ2v) is 7.02. The quantitative estimate of drug-likeness (QED) is 0.552. The van der Waals surface area contributed by atoms with Crippen molar-refractivity contribution in [1.82, 2.24) is 15.8 Å². The zero-order chi connectivity index (χ0) is 20.3. The normalized spacial score (nSPS) is 16.4. The molecule has 0 bridgehead atoms. The van der Waals surface area contributed by atoms with Crippen molar-refractivity contribution in [1.29, 1.82) is 0 Å². The molecule has 1 heterocycles. The van der Waals surface area contributed by atoms with Gasteiger partial charge in [-0.15, -0.1) is 0 Å². The highest BCUT2D eigenvalue weighted by Crippen LogP contribution is 2.22. The first-order valence-electron chi connectivity index (χ1n) is 8.37. The molecule has 0 spiro atoms. The lowest BCUT2D eigenvalue weighted by Gasteiger charge is -2.16. The number of imide groups is 1. The molecule has 146 valence electrons. The Kier molecular flexibility index (Phi) is 6.18. The standard InChI is InChI=1S/C19H17Cl2N3O4/c1-28-16-7-6-13(21)8-14(16)18(26)23-22-15-9-17(25)24(19(15)27)10-11-2-4-12(20)5-3-11/h2-8,15,22H,9-10H2,1H3,(H,23,26)/t15-/m0/s1. The Morgan fingerprint density at radius 3 is 2.50 bits per heavy atom. The number of carbonyl (C=O) groups excluding carboxylic acids is 3. The molecule has 1 aliphatic heterocycles. The summed E-state index contributed by atoms with van der Waals surface area (Å²) in [6, 6.07) is 10.6. The predicted octanol–water partition coefficient (Wildman–Crippen LogP) is 2.56. The van der Waals surface area contributed by atoms with E-state index in [9.17, 15) is 14.4 Å². The van der Waals surface area contributed by atoms with Crippen molar-refractivity contribution in [2.75, 3.05) is 7.11 Å². The fourth-order valence-electron chi connectivity index (χ4n) is 2.81. The first kappa shape index (κ1) is 20.1. The predicted molar refractivity (Wildman–Crippen MR) is 104 cm³/mol. The number of hydrogen-bond acceptors (Lipinski definition) is 5. The lowest BCUT2D eigenvalue weighted by atomic mass is 10.2. The van der Waals surface area contributed by atoms with E-state index in [1.165, 1.54) is 13.2 Å². The molecule has 1 saturated heterocycles. The third kappa shape index (κ3) is 4.44. The molecule has 1 atom stereocenters. The number of hydrazine groups is 1. The number of carbonyl (C=O) groups is 3. The van der Waals surface area contributed by atoms with Crippen LogP contribution in [0, 0.1) is 0 Å². The smallest absolute Gasteiger partial charge is 0.269 e. The van der Waals surface area contributed by atoms with Gasteiger partial charge >= 0.3 is 0 Å². The van der Waals surface area contributed by atoms with Gasteiger partial charge < -0.3 is 4.74 Å². The molecule has 2 aromatic rings. The SMILES string of the molecule is COc1ccc(Cl)cc1C(=O)NN[C@H]1CC(=O)N(Cc2ccc(Cl)cc2)C1=O. The van der Waals surface area contributed by atoms with Crippen molar-refractivity contribution >= 4 is 40.9 Å². The summed E-state index contributed by atoms with van der Waals surface area (Å²) < 4.78 is 5.14. The highest BCUT2D eigenvalue weighted by molar-refractivity contribution is 6.31. The van der Waals surface area contributed by atoms with E-state index in [1.807, 2.05) is 0 Å². The van der Waals surface area contributed by atoms with Crippen LogP contribution < -0.4 is 15.6 Å². The summed E-state index contributed by atoms with van der Waals surface area (Å²) in [6.07, 6.45) is -0.0562. The largest absolute Gasteiger partial charge is 0.496 e. The number of halogens is 2. The Balaban J connectivity index is 1.63. The van der Waals surface area contributed by atoms with Crippen molar-refractivity contribution in [3.63, 3.8) is 0 Å². The second kappa shape index (κ2) is 8.60. The van der Waals surface area contributed by atoms with Crippen molar-refractivity contribution in [2.45, 2.75) is 19.0 Å². The lowest BCUT2D eigenvalue weighted by Crippen LogP contribution is -2.48. The van der Waals surface area contributed by atoms with Gasteiger partial charge in [-0.1, -0.05) is 35.3 Å². The molecule has 0 aliphatic carbocycles. The number of benzene rings is 2. The minimum atomic E-state index is -0.853. The lowest BCUT2D eigenvalue weighted by molar-refractivity contribution is -0.139. The molecule has 0 radical (unpaired) electrons. The molecular weight excluding hydrogens is 405 g/mol. The van der Waals surface area contributed by atoms with Crippen molar-refractivity contribution in [2.24, 2.45) is 0 Å². The third-order valence-electron chi connectivity index (χ3n) is 4.26. The molecule has 9 heteroatoms. The van der Waals surface area contributed by atoms with Gasteiger partial charge in [0, 0.05) is 10.0 Å². The number of rotatable bonds is 6. The Bertz CT molecular complexity index is 918. The van der Waals surface area contributed by atoms with Gasteiger partial charge in [-0.25, -0.2) is 5.43 Å². The highest BCUT2D eigenvalue weighted by atomic mass is 35.5. The molecule has 7 nitrogen and oxygen atoms in total. The van der Waals surface area contributed by atoms with Gasteiger partial charge in [0.25, 0.3) is 5.91 Å². The Hall–Kier alpha value is -2.61. The minimum absolute atomic E-state index is 0.0562. The fraction of sp³-hybridized carbons (Fsp3) is 0.211. The van der Waals surface area contributed by atoms with Gasteiger partial charge in [-0.05, 0) is 35.9 Å². The van der Waals surface area contributed by atoms with Crippen LogP contribution in [0.1, 0.15) is 22.3 Å². The molecular formula is C19H17Cl2N3O4. The van der Waals surface area contributed by atoms with Crippen LogP contribution >= 0.6 is 23.2 Å². The van der Waals surface area contributed by atoms with Gasteiger partial charge in [0.05, 0.1) is 25.6 Å². The minimum Gasteiger partial charge on any atom is -0.496 e. The maximum atomic E-state index is 12.5. The van der Waals surface area contributed by atoms with Crippen molar-refractivity contribution < 1.29 is 19.1 Å². The number of nitrogens with one attached hydrogen (secondary N) is 2. The maximum absolute atomic E-state index is 12.5. The van der Waals surface area contributed by atoms with Crippen LogP contribution in [0.25, 0.3) is 0 Å². The number of hydrogen-bond donors (Lipinski definition) is 2. The van der Waals surface area contributed by atoms with Crippen LogP contribution in [0.15, 0.2) is 42.5 Å². The van der Waals surface area contributed by atoms with Gasteiger partial charge in [-0.3, -0.25) is 24.7 Å². The Morgan fingerprint density at radius 2 is 1.82 bits per heavy atom. The average molecular weight is 422 g/mol. The van der Waals surface area contributed by atoms with E-state index in [1.54, 1.807) is 36.4 Å². The molecule has 3 rings (SSSR count). The molecule has 3 amide bonds. The van der Waals surface area contributed by atoms with Gasteiger partial charge in [0.2, 0.25) is 11.8 Å². The zero-order valence-corrected chi connectivity index (χ0v) is 16.4. The molecule has 0 aromatic heterocycles. The summed E-state index contributed by atoms with van der Waals surface area (Å²) in [5, 5.41) is 0.939. The summed E-state index contributed by atoms with van der Waals surface area (Å²) in [7, 11) is 1.43. The van der Waals surface area contributed by atoms with Crippen molar-refractivity contribution in [3.8, 4) is 5.75 Å². The Morgan fingerprint density at radius 1 is 1.14 bits per heavy atom. The van der Waals surface area contributed by atoms with Crippen LogP contribution in [-0.4, -0.2) is 35.8 Å². The van der Waals surface area contributed by atoms with Gasteiger partial charge in [0.15, 0.2) is 0 Å². The van der Waals surface area contributed by atoms with E-state index in [4.69, 9.17) is 27.9 Å². The van der Waals surface area contributed by atoms with Crippen LogP contribution in [-0.2, 0) is 16.1 Å². The number of ether oxygens (including phenoxy) is 1. The molecule has 2 aromatic carbocycles. The fourth-order valence-corrected chi connectivity index (χ4v) is 3.11. The van der Waals surface area contributed by atoms with E-state index >= 15 is 0 Å². The second-order valence-electron chi connectivity index (χ2n) is 6.14. The summed E-state index contributed by atoms with van der Waals surface area (Å²) in [4.78, 5) is 38.3. The maximum Gasteiger partial charge on any atom is 0.269 e. The summed E-state index contributed by atoms with van der Waals surface area (Å²) in [5.74, 6) is -0.942. The van der Waals surface area contributed by atoms with Crippen LogP contribution in [0.4, 0.5) is 0 Å². The molecule has 28 heavy (non-hydrogen) atoms. The molecule has 2 N–H and O–H groups in total. The number of methoxy groups -OCH3 is 1. The van der Waals surface area contributed by atoms with Crippen LogP contribution in [0.3, 0.4) is 0 Å². The molecule has 0 saturated carbocycles. The van der Waals surface area contributed by atoms with Gasteiger partial charge in [-0.2, -0.15) is 0 Å². The van der Waals surface area contributed by atoms with Crippen molar-refractivity contribution in [3.05, 3.63) is 63.6 Å². The summed E-state index contributed by atoms with van der Waals surface area (Å²) in [6.45, 7) is 0.142. The van der Waals surface area contributed by atoms with E-state index in [0.717, 1.165) is 10.5 Å². The number of amides is 3. The average Bonchev–Trinajstić information content (AvgIpc) is 2.95. The van der Waals surface area contributed by atoms with E-state index in [2.05, 4.69) is 10.9 Å².